The standard InChI is InChI=1S/C16H15ClN4OS/c1-10(14-4-3-9-23-14)18-16(22)15-19-11(2)21(20-15)13-7-5-12(17)6-8-13/h3-10H,1-2H3,(H,18,22). The van der Waals surface area contributed by atoms with Crippen LogP contribution in [0.3, 0.4) is 0 Å². The minimum atomic E-state index is -0.290. The number of hydrogen-bond donors (Lipinski definition) is 1. The number of halogens is 1. The van der Waals surface area contributed by atoms with Crippen molar-refractivity contribution in [2.24, 2.45) is 0 Å². The summed E-state index contributed by atoms with van der Waals surface area (Å²) in [7, 11) is 0. The van der Waals surface area contributed by atoms with Crippen LogP contribution in [-0.4, -0.2) is 20.7 Å². The molecule has 5 nitrogen and oxygen atoms in total. The number of aryl methyl sites for hydroxylation is 1. The van der Waals surface area contributed by atoms with Crippen LogP contribution in [-0.2, 0) is 0 Å². The molecule has 0 bridgehead atoms. The zero-order chi connectivity index (χ0) is 16.4. The molecule has 1 unspecified atom stereocenters. The van der Waals surface area contributed by atoms with Crippen molar-refractivity contribution in [2.75, 3.05) is 0 Å². The van der Waals surface area contributed by atoms with Crippen molar-refractivity contribution in [3.05, 3.63) is 63.3 Å². The van der Waals surface area contributed by atoms with Gasteiger partial charge in [-0.05, 0) is 49.6 Å². The Morgan fingerprint density at radius 3 is 2.70 bits per heavy atom. The second kappa shape index (κ2) is 6.52. The smallest absolute Gasteiger partial charge is 0.291 e. The molecule has 1 aromatic carbocycles. The highest BCUT2D eigenvalue weighted by molar-refractivity contribution is 7.10. The first-order valence-electron chi connectivity index (χ1n) is 7.08. The molecule has 1 atom stereocenters. The molecule has 0 spiro atoms. The number of aromatic nitrogens is 3. The van der Waals surface area contributed by atoms with Gasteiger partial charge in [-0.15, -0.1) is 16.4 Å². The molecular formula is C16H15ClN4OS. The molecule has 118 valence electrons. The number of nitrogens with one attached hydrogen (secondary N) is 1. The van der Waals surface area contributed by atoms with Gasteiger partial charge in [0.25, 0.3) is 5.91 Å². The van der Waals surface area contributed by atoms with Gasteiger partial charge in [0.05, 0.1) is 11.7 Å². The minimum Gasteiger partial charge on any atom is -0.342 e. The van der Waals surface area contributed by atoms with Gasteiger partial charge in [0.15, 0.2) is 0 Å². The lowest BCUT2D eigenvalue weighted by Gasteiger charge is -2.10. The topological polar surface area (TPSA) is 59.8 Å². The quantitative estimate of drug-likeness (QED) is 0.782. The molecule has 1 amide bonds. The SMILES string of the molecule is Cc1nc(C(=O)NC(C)c2cccs2)nn1-c1ccc(Cl)cc1. The monoisotopic (exact) mass is 346 g/mol. The van der Waals surface area contributed by atoms with E-state index in [4.69, 9.17) is 11.6 Å². The van der Waals surface area contributed by atoms with E-state index >= 15 is 0 Å². The molecule has 0 saturated carbocycles. The zero-order valence-corrected chi connectivity index (χ0v) is 14.2. The molecule has 0 fully saturated rings. The van der Waals surface area contributed by atoms with E-state index in [0.717, 1.165) is 10.6 Å². The van der Waals surface area contributed by atoms with Gasteiger partial charge < -0.3 is 5.32 Å². The highest BCUT2D eigenvalue weighted by Crippen LogP contribution is 2.19. The number of carbonyl (C=O) groups is 1. The van der Waals surface area contributed by atoms with Crippen LogP contribution in [0.1, 0.15) is 34.3 Å². The van der Waals surface area contributed by atoms with E-state index in [1.165, 1.54) is 0 Å². The van der Waals surface area contributed by atoms with E-state index in [1.807, 2.05) is 36.6 Å². The normalized spacial score (nSPS) is 12.1. The Morgan fingerprint density at radius 1 is 1.30 bits per heavy atom. The van der Waals surface area contributed by atoms with E-state index in [-0.39, 0.29) is 17.8 Å². The Hall–Kier alpha value is -2.18. The molecular weight excluding hydrogens is 332 g/mol. The van der Waals surface area contributed by atoms with Gasteiger partial charge in [0, 0.05) is 9.90 Å². The van der Waals surface area contributed by atoms with E-state index < -0.39 is 0 Å². The summed E-state index contributed by atoms with van der Waals surface area (Å²) in [5, 5.41) is 9.84. The van der Waals surface area contributed by atoms with Crippen LogP contribution < -0.4 is 5.32 Å². The van der Waals surface area contributed by atoms with Crippen LogP contribution in [0.4, 0.5) is 0 Å². The second-order valence-corrected chi connectivity index (χ2v) is 6.50. The lowest BCUT2D eigenvalue weighted by atomic mass is 10.3. The van der Waals surface area contributed by atoms with Crippen LogP contribution in [0.25, 0.3) is 5.69 Å². The molecule has 2 aromatic heterocycles. The molecule has 0 radical (unpaired) electrons. The van der Waals surface area contributed by atoms with E-state index in [1.54, 1.807) is 35.1 Å². The molecule has 7 heteroatoms. The first kappa shape index (κ1) is 15.7. The summed E-state index contributed by atoms with van der Waals surface area (Å²) in [4.78, 5) is 17.7. The Balaban J connectivity index is 1.80. The van der Waals surface area contributed by atoms with Crippen molar-refractivity contribution in [1.29, 1.82) is 0 Å². The Labute approximate surface area is 142 Å². The van der Waals surface area contributed by atoms with E-state index in [2.05, 4.69) is 15.4 Å². The number of amides is 1. The molecule has 3 rings (SSSR count). The molecule has 0 aliphatic rings. The number of nitrogens with zero attached hydrogens (tertiary/aromatic N) is 3. The average molecular weight is 347 g/mol. The Morgan fingerprint density at radius 2 is 2.04 bits per heavy atom. The maximum absolute atomic E-state index is 12.3. The molecule has 0 saturated heterocycles. The number of carbonyl (C=O) groups excluding carboxylic acids is 1. The van der Waals surface area contributed by atoms with Gasteiger partial charge in [-0.25, -0.2) is 9.67 Å². The Bertz CT molecular complexity index is 811. The van der Waals surface area contributed by atoms with Gasteiger partial charge in [0.1, 0.15) is 5.82 Å². The summed E-state index contributed by atoms with van der Waals surface area (Å²) < 4.78 is 1.63. The van der Waals surface area contributed by atoms with Crippen molar-refractivity contribution < 1.29 is 4.79 Å². The third-order valence-electron chi connectivity index (χ3n) is 3.36. The van der Waals surface area contributed by atoms with Crippen molar-refractivity contribution in [2.45, 2.75) is 19.9 Å². The first-order valence-corrected chi connectivity index (χ1v) is 8.34. The van der Waals surface area contributed by atoms with Gasteiger partial charge in [-0.1, -0.05) is 17.7 Å². The van der Waals surface area contributed by atoms with Crippen LogP contribution in [0.15, 0.2) is 41.8 Å². The van der Waals surface area contributed by atoms with Crippen LogP contribution >= 0.6 is 22.9 Å². The average Bonchev–Trinajstić information content (AvgIpc) is 3.17. The van der Waals surface area contributed by atoms with Gasteiger partial charge >= 0.3 is 0 Å². The molecule has 0 aliphatic carbocycles. The fourth-order valence-electron chi connectivity index (χ4n) is 2.18. The van der Waals surface area contributed by atoms with Crippen LogP contribution in [0.5, 0.6) is 0 Å². The predicted octanol–water partition coefficient (Wildman–Crippen LogP) is 3.78. The lowest BCUT2D eigenvalue weighted by molar-refractivity contribution is 0.0930. The van der Waals surface area contributed by atoms with Crippen molar-refractivity contribution in [3.63, 3.8) is 0 Å². The number of rotatable bonds is 4. The van der Waals surface area contributed by atoms with Crippen molar-refractivity contribution in [1.82, 2.24) is 20.1 Å². The molecule has 3 aromatic rings. The summed E-state index contributed by atoms with van der Waals surface area (Å²) >= 11 is 7.49. The summed E-state index contributed by atoms with van der Waals surface area (Å²) in [5.41, 5.74) is 0.810. The van der Waals surface area contributed by atoms with Crippen molar-refractivity contribution >= 4 is 28.8 Å². The fourth-order valence-corrected chi connectivity index (χ4v) is 3.04. The largest absolute Gasteiger partial charge is 0.342 e. The summed E-state index contributed by atoms with van der Waals surface area (Å²) in [6.45, 7) is 3.74. The van der Waals surface area contributed by atoms with Gasteiger partial charge in [-0.3, -0.25) is 4.79 Å². The predicted molar refractivity (Wildman–Crippen MR) is 91.3 cm³/mol. The second-order valence-electron chi connectivity index (χ2n) is 5.08. The number of benzene rings is 1. The fraction of sp³-hybridized carbons (Fsp3) is 0.188. The summed E-state index contributed by atoms with van der Waals surface area (Å²) in [6.07, 6.45) is 0. The molecule has 23 heavy (non-hydrogen) atoms. The highest BCUT2D eigenvalue weighted by Gasteiger charge is 2.18. The lowest BCUT2D eigenvalue weighted by Crippen LogP contribution is -2.27. The maximum Gasteiger partial charge on any atom is 0.291 e. The Kier molecular flexibility index (Phi) is 4.45. The van der Waals surface area contributed by atoms with E-state index in [9.17, 15) is 4.79 Å². The number of hydrogen-bond acceptors (Lipinski definition) is 4. The minimum absolute atomic E-state index is 0.0784. The summed E-state index contributed by atoms with van der Waals surface area (Å²) in [5.74, 6) is 0.504. The van der Waals surface area contributed by atoms with Crippen molar-refractivity contribution in [3.8, 4) is 5.69 Å². The third kappa shape index (κ3) is 3.43. The van der Waals surface area contributed by atoms with Gasteiger partial charge in [-0.2, -0.15) is 0 Å². The molecule has 2 heterocycles. The highest BCUT2D eigenvalue weighted by atomic mass is 35.5. The molecule has 1 N–H and O–H groups in total. The summed E-state index contributed by atoms with van der Waals surface area (Å²) in [6, 6.07) is 11.1. The van der Waals surface area contributed by atoms with Gasteiger partial charge in [0.2, 0.25) is 5.82 Å². The number of thiophene rings is 1. The van der Waals surface area contributed by atoms with Crippen LogP contribution in [0, 0.1) is 6.92 Å². The van der Waals surface area contributed by atoms with Crippen LogP contribution in [0.2, 0.25) is 5.02 Å². The zero-order valence-electron chi connectivity index (χ0n) is 12.7. The third-order valence-corrected chi connectivity index (χ3v) is 4.67. The first-order chi connectivity index (χ1) is 11.0. The maximum atomic E-state index is 12.3. The molecule has 0 aliphatic heterocycles. The van der Waals surface area contributed by atoms with E-state index in [0.29, 0.717) is 10.8 Å².